The second-order valence-electron chi connectivity index (χ2n) is 9.54. The Bertz CT molecular complexity index is 1030. The number of benzene rings is 2. The van der Waals surface area contributed by atoms with Crippen molar-refractivity contribution in [2.75, 3.05) is 18.0 Å². The SMILES string of the molecule is CC(C)CC(=O)N1Cc2ccccc2CC1C(=O)NC1CCN(c2ccc(C#N)cc2)CC1. The van der Waals surface area contributed by atoms with Gasteiger partial charge in [0.05, 0.1) is 11.6 Å². The molecule has 1 fully saturated rings. The van der Waals surface area contributed by atoms with Gasteiger partial charge in [0, 0.05) is 44.2 Å². The van der Waals surface area contributed by atoms with Crippen LogP contribution >= 0.6 is 0 Å². The number of fused-ring (bicyclic) bond motifs is 1. The summed E-state index contributed by atoms with van der Waals surface area (Å²) in [6, 6.07) is 17.6. The number of amides is 2. The van der Waals surface area contributed by atoms with Crippen LogP contribution in [0.15, 0.2) is 48.5 Å². The number of carbonyl (C=O) groups excluding carboxylic acids is 2. The van der Waals surface area contributed by atoms with E-state index in [2.05, 4.69) is 28.4 Å². The Balaban J connectivity index is 1.40. The maximum atomic E-state index is 13.3. The Morgan fingerprint density at radius 1 is 1.06 bits per heavy atom. The van der Waals surface area contributed by atoms with E-state index < -0.39 is 6.04 Å². The van der Waals surface area contributed by atoms with E-state index in [4.69, 9.17) is 5.26 Å². The average molecular weight is 445 g/mol. The van der Waals surface area contributed by atoms with Gasteiger partial charge >= 0.3 is 0 Å². The zero-order valence-corrected chi connectivity index (χ0v) is 19.5. The molecule has 172 valence electrons. The van der Waals surface area contributed by atoms with Crippen molar-refractivity contribution in [1.82, 2.24) is 10.2 Å². The fourth-order valence-corrected chi connectivity index (χ4v) is 4.81. The fraction of sp³-hybridized carbons (Fsp3) is 0.444. The zero-order chi connectivity index (χ0) is 23.4. The summed E-state index contributed by atoms with van der Waals surface area (Å²) in [7, 11) is 0. The summed E-state index contributed by atoms with van der Waals surface area (Å²) in [5.74, 6) is 0.263. The van der Waals surface area contributed by atoms with Gasteiger partial charge in [-0.15, -0.1) is 0 Å². The minimum atomic E-state index is -0.456. The van der Waals surface area contributed by atoms with Crippen molar-refractivity contribution in [3.8, 4) is 6.07 Å². The summed E-state index contributed by atoms with van der Waals surface area (Å²) in [6.45, 7) is 6.26. The molecule has 0 aliphatic carbocycles. The number of nitrogens with zero attached hydrogens (tertiary/aromatic N) is 3. The molecular weight excluding hydrogens is 412 g/mol. The van der Waals surface area contributed by atoms with E-state index in [1.165, 1.54) is 0 Å². The van der Waals surface area contributed by atoms with Gasteiger partial charge in [-0.05, 0) is 54.2 Å². The lowest BCUT2D eigenvalue weighted by molar-refractivity contribution is -0.142. The summed E-state index contributed by atoms with van der Waals surface area (Å²) in [5, 5.41) is 12.2. The van der Waals surface area contributed by atoms with Crippen molar-refractivity contribution in [3.63, 3.8) is 0 Å². The zero-order valence-electron chi connectivity index (χ0n) is 19.5. The number of anilines is 1. The molecule has 2 amide bonds. The quantitative estimate of drug-likeness (QED) is 0.764. The molecule has 1 unspecified atom stereocenters. The molecule has 6 heteroatoms. The number of rotatable bonds is 5. The van der Waals surface area contributed by atoms with Crippen LogP contribution in [0, 0.1) is 17.2 Å². The maximum absolute atomic E-state index is 13.3. The molecule has 0 spiro atoms. The molecule has 2 aliphatic heterocycles. The van der Waals surface area contributed by atoms with Crippen molar-refractivity contribution >= 4 is 17.5 Å². The Morgan fingerprint density at radius 3 is 2.36 bits per heavy atom. The lowest BCUT2D eigenvalue weighted by atomic mass is 9.92. The molecule has 4 rings (SSSR count). The van der Waals surface area contributed by atoms with E-state index in [-0.39, 0.29) is 23.8 Å². The van der Waals surface area contributed by atoms with Crippen LogP contribution in [0.5, 0.6) is 0 Å². The van der Waals surface area contributed by atoms with Crippen molar-refractivity contribution in [3.05, 3.63) is 65.2 Å². The van der Waals surface area contributed by atoms with Crippen LogP contribution in [0.1, 0.15) is 49.8 Å². The maximum Gasteiger partial charge on any atom is 0.243 e. The van der Waals surface area contributed by atoms with Gasteiger partial charge in [-0.2, -0.15) is 5.26 Å². The van der Waals surface area contributed by atoms with E-state index in [0.29, 0.717) is 24.9 Å². The second-order valence-corrected chi connectivity index (χ2v) is 9.54. The molecule has 6 nitrogen and oxygen atoms in total. The van der Waals surface area contributed by atoms with Gasteiger partial charge < -0.3 is 15.1 Å². The van der Waals surface area contributed by atoms with Gasteiger partial charge in [-0.1, -0.05) is 38.1 Å². The Labute approximate surface area is 196 Å². The minimum Gasteiger partial charge on any atom is -0.371 e. The molecule has 1 saturated heterocycles. The molecule has 0 aromatic heterocycles. The van der Waals surface area contributed by atoms with E-state index >= 15 is 0 Å². The van der Waals surface area contributed by atoms with Gasteiger partial charge in [0.1, 0.15) is 6.04 Å². The first kappa shape index (κ1) is 22.8. The molecule has 0 saturated carbocycles. The Morgan fingerprint density at radius 2 is 1.73 bits per heavy atom. The first-order valence-corrected chi connectivity index (χ1v) is 11.9. The van der Waals surface area contributed by atoms with E-state index in [1.54, 1.807) is 4.90 Å². The molecule has 1 N–H and O–H groups in total. The fourth-order valence-electron chi connectivity index (χ4n) is 4.81. The third kappa shape index (κ3) is 5.36. The highest BCUT2D eigenvalue weighted by atomic mass is 16.2. The van der Waals surface area contributed by atoms with Crippen molar-refractivity contribution < 1.29 is 9.59 Å². The van der Waals surface area contributed by atoms with Gasteiger partial charge in [0.2, 0.25) is 11.8 Å². The Kier molecular flexibility index (Phi) is 6.98. The highest BCUT2D eigenvalue weighted by molar-refractivity contribution is 5.88. The van der Waals surface area contributed by atoms with Crippen molar-refractivity contribution in [1.29, 1.82) is 5.26 Å². The molecule has 2 aromatic rings. The van der Waals surface area contributed by atoms with Crippen LogP contribution in [0.4, 0.5) is 5.69 Å². The van der Waals surface area contributed by atoms with Crippen LogP contribution in [-0.4, -0.2) is 41.9 Å². The molecule has 0 radical (unpaired) electrons. The molecule has 2 heterocycles. The number of nitrogens with one attached hydrogen (secondary N) is 1. The van der Waals surface area contributed by atoms with Crippen LogP contribution < -0.4 is 10.2 Å². The highest BCUT2D eigenvalue weighted by Crippen LogP contribution is 2.26. The summed E-state index contributed by atoms with van der Waals surface area (Å²) >= 11 is 0. The number of piperidine rings is 1. The van der Waals surface area contributed by atoms with Crippen LogP contribution in [0.2, 0.25) is 0 Å². The molecule has 33 heavy (non-hydrogen) atoms. The number of hydrogen-bond donors (Lipinski definition) is 1. The van der Waals surface area contributed by atoms with E-state index in [1.807, 2.05) is 50.2 Å². The third-order valence-corrected chi connectivity index (χ3v) is 6.66. The monoisotopic (exact) mass is 444 g/mol. The number of carbonyl (C=O) groups is 2. The minimum absolute atomic E-state index is 0.0431. The number of hydrogen-bond acceptors (Lipinski definition) is 4. The molecule has 2 aromatic carbocycles. The summed E-state index contributed by atoms with van der Waals surface area (Å²) < 4.78 is 0. The van der Waals surface area contributed by atoms with Crippen LogP contribution in [0.25, 0.3) is 0 Å². The number of nitriles is 1. The third-order valence-electron chi connectivity index (χ3n) is 6.66. The smallest absolute Gasteiger partial charge is 0.243 e. The standard InChI is InChI=1S/C27H32N4O2/c1-19(2)15-26(32)31-18-22-6-4-3-5-21(22)16-25(31)27(33)29-23-11-13-30(14-12-23)24-9-7-20(17-28)8-10-24/h3-10,19,23,25H,11-16,18H2,1-2H3,(H,29,33). The van der Waals surface area contributed by atoms with Crippen molar-refractivity contribution in [2.45, 2.75) is 58.2 Å². The molecule has 1 atom stereocenters. The van der Waals surface area contributed by atoms with Crippen LogP contribution in [0.3, 0.4) is 0 Å². The first-order valence-electron chi connectivity index (χ1n) is 11.9. The van der Waals surface area contributed by atoms with E-state index in [9.17, 15) is 9.59 Å². The first-order chi connectivity index (χ1) is 15.9. The summed E-state index contributed by atoms with van der Waals surface area (Å²) in [4.78, 5) is 30.4. The lowest BCUT2D eigenvalue weighted by Crippen LogP contribution is -2.55. The predicted molar refractivity (Wildman–Crippen MR) is 128 cm³/mol. The summed E-state index contributed by atoms with van der Waals surface area (Å²) in [5.41, 5.74) is 4.05. The summed E-state index contributed by atoms with van der Waals surface area (Å²) in [6.07, 6.45) is 2.73. The van der Waals surface area contributed by atoms with Crippen molar-refractivity contribution in [2.24, 2.45) is 5.92 Å². The van der Waals surface area contributed by atoms with Gasteiger partial charge in [-0.25, -0.2) is 0 Å². The second kappa shape index (κ2) is 10.1. The van der Waals surface area contributed by atoms with Gasteiger partial charge in [-0.3, -0.25) is 9.59 Å². The van der Waals surface area contributed by atoms with Gasteiger partial charge in [0.15, 0.2) is 0 Å². The van der Waals surface area contributed by atoms with Crippen LogP contribution in [-0.2, 0) is 22.6 Å². The predicted octanol–water partition coefficient (Wildman–Crippen LogP) is 3.64. The average Bonchev–Trinajstić information content (AvgIpc) is 2.83. The van der Waals surface area contributed by atoms with E-state index in [0.717, 1.165) is 42.7 Å². The molecule has 0 bridgehead atoms. The largest absolute Gasteiger partial charge is 0.371 e. The highest BCUT2D eigenvalue weighted by Gasteiger charge is 2.35. The Hall–Kier alpha value is -3.33. The van der Waals surface area contributed by atoms with Gasteiger partial charge in [0.25, 0.3) is 0 Å². The molecular formula is C27H32N4O2. The molecule has 2 aliphatic rings. The lowest BCUT2D eigenvalue weighted by Gasteiger charge is -2.38. The normalized spacial score (nSPS) is 18.5. The topological polar surface area (TPSA) is 76.4 Å².